The van der Waals surface area contributed by atoms with E-state index < -0.39 is 12.0 Å². The SMILES string of the molecule is NC(CCc1ccccc1C#P=O)C(=O)O. The van der Waals surface area contributed by atoms with Crippen LogP contribution in [-0.4, -0.2) is 17.1 Å². The van der Waals surface area contributed by atoms with Crippen LogP contribution in [0, 0.1) is 5.63 Å². The van der Waals surface area contributed by atoms with E-state index in [-0.39, 0.29) is 7.92 Å². The van der Waals surface area contributed by atoms with Gasteiger partial charge in [0.05, 0.1) is 0 Å². The quantitative estimate of drug-likeness (QED) is 0.780. The molecule has 0 bridgehead atoms. The van der Waals surface area contributed by atoms with Crippen molar-refractivity contribution in [3.05, 3.63) is 35.4 Å². The van der Waals surface area contributed by atoms with Crippen LogP contribution in [0.15, 0.2) is 24.3 Å². The number of nitrogens with two attached hydrogens (primary N) is 1. The summed E-state index contributed by atoms with van der Waals surface area (Å²) in [6, 6.07) is 6.43. The van der Waals surface area contributed by atoms with Crippen molar-refractivity contribution >= 4 is 13.9 Å². The second kappa shape index (κ2) is 6.29. The topological polar surface area (TPSA) is 80.4 Å². The van der Waals surface area contributed by atoms with E-state index >= 15 is 0 Å². The number of carbonyl (C=O) groups is 1. The zero-order valence-corrected chi connectivity index (χ0v) is 9.48. The minimum absolute atomic E-state index is 0.180. The predicted octanol–water partition coefficient (Wildman–Crippen LogP) is 1.63. The summed E-state index contributed by atoms with van der Waals surface area (Å²) in [5.41, 5.74) is 9.70. The first kappa shape index (κ1) is 12.7. The van der Waals surface area contributed by atoms with Gasteiger partial charge in [0.1, 0.15) is 0 Å². The monoisotopic (exact) mass is 237 g/mol. The van der Waals surface area contributed by atoms with Crippen molar-refractivity contribution in [1.82, 2.24) is 0 Å². The summed E-state index contributed by atoms with van der Waals surface area (Å²) in [6.07, 6.45) is 0.885. The van der Waals surface area contributed by atoms with E-state index in [1.165, 1.54) is 0 Å². The molecule has 0 aromatic heterocycles. The Morgan fingerprint density at radius 2 is 2.19 bits per heavy atom. The molecule has 1 unspecified atom stereocenters. The van der Waals surface area contributed by atoms with E-state index in [2.05, 4.69) is 5.63 Å². The molecule has 0 aliphatic rings. The van der Waals surface area contributed by atoms with Gasteiger partial charge >= 0.3 is 94.0 Å². The molecule has 1 atom stereocenters. The molecule has 0 heterocycles. The molecule has 0 aliphatic carbocycles. The van der Waals surface area contributed by atoms with Crippen molar-refractivity contribution < 1.29 is 14.5 Å². The summed E-state index contributed by atoms with van der Waals surface area (Å²) in [5, 5.41) is 8.64. The molecular weight excluding hydrogens is 225 g/mol. The maximum absolute atomic E-state index is 10.5. The van der Waals surface area contributed by atoms with Crippen LogP contribution in [0.5, 0.6) is 0 Å². The minimum atomic E-state index is -1.01. The van der Waals surface area contributed by atoms with Crippen molar-refractivity contribution in [2.24, 2.45) is 5.73 Å². The van der Waals surface area contributed by atoms with Crippen LogP contribution in [0.1, 0.15) is 17.5 Å². The number of hydrogen-bond acceptors (Lipinski definition) is 3. The number of benzene rings is 1. The Kier molecular flexibility index (Phi) is 5.00. The van der Waals surface area contributed by atoms with Crippen LogP contribution >= 0.6 is 7.92 Å². The van der Waals surface area contributed by atoms with Crippen molar-refractivity contribution in [3.63, 3.8) is 0 Å². The van der Waals surface area contributed by atoms with Crippen molar-refractivity contribution in [2.75, 3.05) is 0 Å². The summed E-state index contributed by atoms with van der Waals surface area (Å²) in [6.45, 7) is 0. The van der Waals surface area contributed by atoms with E-state index in [0.29, 0.717) is 12.8 Å². The molecule has 0 fully saturated rings. The molecule has 1 aromatic carbocycles. The van der Waals surface area contributed by atoms with E-state index in [0.717, 1.165) is 11.1 Å². The maximum atomic E-state index is 10.5. The van der Waals surface area contributed by atoms with Gasteiger partial charge < -0.3 is 0 Å². The number of rotatable bonds is 4. The van der Waals surface area contributed by atoms with E-state index in [9.17, 15) is 9.36 Å². The van der Waals surface area contributed by atoms with E-state index in [4.69, 9.17) is 10.8 Å². The van der Waals surface area contributed by atoms with Gasteiger partial charge in [-0.05, 0) is 0 Å². The third-order valence-electron chi connectivity index (χ3n) is 2.23. The third-order valence-corrected chi connectivity index (χ3v) is 2.56. The molecule has 0 saturated heterocycles. The van der Waals surface area contributed by atoms with Gasteiger partial charge in [0, 0.05) is 0 Å². The number of carboxylic acids is 1. The fourth-order valence-corrected chi connectivity index (χ4v) is 1.65. The van der Waals surface area contributed by atoms with E-state index in [1.54, 1.807) is 6.07 Å². The van der Waals surface area contributed by atoms with Gasteiger partial charge in [0.2, 0.25) is 0 Å². The molecule has 0 radical (unpaired) electrons. The molecule has 0 aliphatic heterocycles. The normalized spacial score (nSPS) is 11.6. The van der Waals surface area contributed by atoms with Crippen molar-refractivity contribution in [2.45, 2.75) is 18.9 Å². The molecule has 84 valence electrons. The summed E-state index contributed by atoms with van der Waals surface area (Å²) in [7, 11) is -0.180. The average Bonchev–Trinajstić information content (AvgIpc) is 2.27. The van der Waals surface area contributed by atoms with Gasteiger partial charge in [-0.25, -0.2) is 0 Å². The summed E-state index contributed by atoms with van der Waals surface area (Å²) >= 11 is 0. The predicted molar refractivity (Wildman–Crippen MR) is 61.0 cm³/mol. The number of aliphatic carboxylic acids is 1. The molecule has 0 saturated carbocycles. The standard InChI is InChI=1S/C11H12NO3P/c12-10(11(13)14)6-5-8-3-1-2-4-9(8)7-16-15/h1-4,10H,5-6,12H2,(H,13,14). The molecule has 16 heavy (non-hydrogen) atoms. The Hall–Kier alpha value is -1.34. The van der Waals surface area contributed by atoms with Gasteiger partial charge in [-0.2, -0.15) is 0 Å². The van der Waals surface area contributed by atoms with Crippen LogP contribution in [0.2, 0.25) is 0 Å². The summed E-state index contributed by atoms with van der Waals surface area (Å²) < 4.78 is 10.4. The fraction of sp³-hybridized carbons (Fsp3) is 0.273. The number of hydrogen-bond donors (Lipinski definition) is 2. The number of carboxylic acid groups (broad SMARTS) is 1. The van der Waals surface area contributed by atoms with E-state index in [1.807, 2.05) is 18.2 Å². The fourth-order valence-electron chi connectivity index (χ4n) is 1.33. The second-order valence-corrected chi connectivity index (χ2v) is 3.75. The number of aryl methyl sites for hydroxylation is 1. The third kappa shape index (κ3) is 3.67. The summed E-state index contributed by atoms with van der Waals surface area (Å²) in [4.78, 5) is 10.5. The average molecular weight is 237 g/mol. The van der Waals surface area contributed by atoms with Gasteiger partial charge in [-0.3, -0.25) is 0 Å². The Bertz CT molecular complexity index is 481. The van der Waals surface area contributed by atoms with Crippen LogP contribution in [0.4, 0.5) is 0 Å². The molecule has 0 amide bonds. The van der Waals surface area contributed by atoms with Crippen LogP contribution in [0.25, 0.3) is 0 Å². The first-order valence-corrected chi connectivity index (χ1v) is 5.61. The molecule has 0 spiro atoms. The Balaban J connectivity index is 2.76. The molecule has 4 nitrogen and oxygen atoms in total. The Morgan fingerprint density at radius 3 is 2.81 bits per heavy atom. The second-order valence-electron chi connectivity index (χ2n) is 3.34. The van der Waals surface area contributed by atoms with Gasteiger partial charge in [0.25, 0.3) is 0 Å². The first-order chi connectivity index (χ1) is 7.65. The van der Waals surface area contributed by atoms with Crippen LogP contribution in [-0.2, 0) is 15.8 Å². The molecule has 1 rings (SSSR count). The summed E-state index contributed by atoms with van der Waals surface area (Å²) in [5.74, 6) is -1.01. The zero-order valence-electron chi connectivity index (χ0n) is 8.59. The molecule has 5 heteroatoms. The molecule has 1 aromatic rings. The van der Waals surface area contributed by atoms with Crippen molar-refractivity contribution in [3.8, 4) is 5.63 Å². The van der Waals surface area contributed by atoms with Crippen LogP contribution < -0.4 is 5.73 Å². The van der Waals surface area contributed by atoms with Gasteiger partial charge in [-0.1, -0.05) is 0 Å². The van der Waals surface area contributed by atoms with Crippen LogP contribution in [0.3, 0.4) is 0 Å². The molecular formula is C11H12NO3P. The van der Waals surface area contributed by atoms with Gasteiger partial charge in [-0.15, -0.1) is 0 Å². The first-order valence-electron chi connectivity index (χ1n) is 4.80. The van der Waals surface area contributed by atoms with Crippen molar-refractivity contribution in [1.29, 1.82) is 0 Å². The Morgan fingerprint density at radius 1 is 1.50 bits per heavy atom. The zero-order chi connectivity index (χ0) is 12.0. The Labute approximate surface area is 94.6 Å². The molecule has 3 N–H and O–H groups in total. The van der Waals surface area contributed by atoms with Gasteiger partial charge in [0.15, 0.2) is 0 Å².